The van der Waals surface area contributed by atoms with Crippen LogP contribution in [-0.4, -0.2) is 36.1 Å². The van der Waals surface area contributed by atoms with E-state index in [0.717, 1.165) is 29.7 Å². The zero-order valence-corrected chi connectivity index (χ0v) is 14.0. The molecule has 4 unspecified atom stereocenters. The fourth-order valence-electron chi connectivity index (χ4n) is 5.50. The fraction of sp³-hybridized carbons (Fsp3) is 1.00. The summed E-state index contributed by atoms with van der Waals surface area (Å²) < 4.78 is 0. The first-order chi connectivity index (χ1) is 9.48. The predicted octanol–water partition coefficient (Wildman–Crippen LogP) is 3.52. The molecular weight excluding hydrogens is 244 g/mol. The molecule has 4 atom stereocenters. The van der Waals surface area contributed by atoms with Crippen LogP contribution in [0.1, 0.15) is 59.8 Å². The first-order valence-electron chi connectivity index (χ1n) is 8.96. The lowest BCUT2D eigenvalue weighted by atomic mass is 9.79. The molecule has 3 aliphatic rings. The summed E-state index contributed by atoms with van der Waals surface area (Å²) in [5, 5.41) is 3.61. The number of likely N-dealkylation sites (tertiary alicyclic amines) is 1. The third kappa shape index (κ3) is 2.66. The first kappa shape index (κ1) is 14.8. The number of hydrogen-bond acceptors (Lipinski definition) is 2. The normalized spacial score (nSPS) is 41.2. The van der Waals surface area contributed by atoms with Crippen LogP contribution >= 0.6 is 0 Å². The smallest absolute Gasteiger partial charge is 0.0200 e. The second-order valence-corrected chi connectivity index (χ2v) is 8.65. The molecule has 2 saturated heterocycles. The van der Waals surface area contributed by atoms with Crippen LogP contribution < -0.4 is 5.32 Å². The average Bonchev–Trinajstić information content (AvgIpc) is 2.91. The zero-order valence-electron chi connectivity index (χ0n) is 14.0. The van der Waals surface area contributed by atoms with Crippen LogP contribution in [-0.2, 0) is 0 Å². The van der Waals surface area contributed by atoms with Crippen molar-refractivity contribution in [2.75, 3.05) is 19.6 Å². The number of nitrogens with one attached hydrogen (secondary N) is 1. The van der Waals surface area contributed by atoms with E-state index >= 15 is 0 Å². The van der Waals surface area contributed by atoms with Crippen LogP contribution in [0.5, 0.6) is 0 Å². The van der Waals surface area contributed by atoms with Crippen molar-refractivity contribution in [3.05, 3.63) is 0 Å². The zero-order chi connectivity index (χ0) is 14.3. The van der Waals surface area contributed by atoms with E-state index in [1.54, 1.807) is 0 Å². The van der Waals surface area contributed by atoms with Crippen LogP contribution in [0.4, 0.5) is 0 Å². The Kier molecular flexibility index (Phi) is 4.16. The van der Waals surface area contributed by atoms with Gasteiger partial charge in [0.2, 0.25) is 0 Å². The monoisotopic (exact) mass is 278 g/mol. The molecule has 1 saturated carbocycles. The summed E-state index contributed by atoms with van der Waals surface area (Å²) in [6, 6.07) is 0.869. The molecule has 1 aliphatic carbocycles. The maximum Gasteiger partial charge on any atom is 0.0200 e. The van der Waals surface area contributed by atoms with Crippen molar-refractivity contribution in [1.29, 1.82) is 0 Å². The standard InChI is InChI=1S/C18H34N2/c1-13(2)8-14-6-5-7-16(9-14)20-12-15-10-19-11-17(15)18(20,3)4/h13-17,19H,5-12H2,1-4H3. The van der Waals surface area contributed by atoms with Gasteiger partial charge in [0.05, 0.1) is 0 Å². The molecular formula is C18H34N2. The lowest BCUT2D eigenvalue weighted by Crippen LogP contribution is -2.51. The van der Waals surface area contributed by atoms with Crippen molar-refractivity contribution in [2.24, 2.45) is 23.7 Å². The van der Waals surface area contributed by atoms with Crippen LogP contribution in [0.3, 0.4) is 0 Å². The van der Waals surface area contributed by atoms with Gasteiger partial charge in [-0.25, -0.2) is 0 Å². The fourth-order valence-corrected chi connectivity index (χ4v) is 5.50. The summed E-state index contributed by atoms with van der Waals surface area (Å²) in [5.41, 5.74) is 0.415. The van der Waals surface area contributed by atoms with Gasteiger partial charge in [-0.1, -0.05) is 26.7 Å². The van der Waals surface area contributed by atoms with Crippen LogP contribution in [0.15, 0.2) is 0 Å². The lowest BCUT2D eigenvalue weighted by molar-refractivity contribution is 0.0511. The molecule has 0 radical (unpaired) electrons. The molecule has 1 N–H and O–H groups in total. The first-order valence-corrected chi connectivity index (χ1v) is 8.96. The summed E-state index contributed by atoms with van der Waals surface area (Å²) in [6.07, 6.45) is 7.30. The second kappa shape index (κ2) is 5.61. The van der Waals surface area contributed by atoms with E-state index < -0.39 is 0 Å². The number of nitrogens with zero attached hydrogens (tertiary/aromatic N) is 1. The molecule has 20 heavy (non-hydrogen) atoms. The van der Waals surface area contributed by atoms with Gasteiger partial charge in [0.15, 0.2) is 0 Å². The van der Waals surface area contributed by atoms with Crippen LogP contribution in [0, 0.1) is 23.7 Å². The summed E-state index contributed by atoms with van der Waals surface area (Å²) in [7, 11) is 0. The molecule has 0 amide bonds. The van der Waals surface area contributed by atoms with Crippen molar-refractivity contribution in [3.63, 3.8) is 0 Å². The maximum atomic E-state index is 3.61. The maximum absolute atomic E-state index is 3.61. The minimum atomic E-state index is 0.415. The van der Waals surface area contributed by atoms with Gasteiger partial charge in [0.1, 0.15) is 0 Å². The van der Waals surface area contributed by atoms with Gasteiger partial charge in [-0.2, -0.15) is 0 Å². The van der Waals surface area contributed by atoms with Crippen molar-refractivity contribution < 1.29 is 0 Å². The van der Waals surface area contributed by atoms with Gasteiger partial charge in [-0.3, -0.25) is 4.90 Å². The van der Waals surface area contributed by atoms with E-state index in [0.29, 0.717) is 5.54 Å². The number of rotatable bonds is 3. The van der Waals surface area contributed by atoms with E-state index in [1.165, 1.54) is 51.7 Å². The molecule has 2 heterocycles. The molecule has 0 spiro atoms. The van der Waals surface area contributed by atoms with Crippen molar-refractivity contribution >= 4 is 0 Å². The Morgan fingerprint density at radius 3 is 2.70 bits per heavy atom. The third-order valence-electron chi connectivity index (χ3n) is 6.42. The van der Waals surface area contributed by atoms with E-state index in [9.17, 15) is 0 Å². The molecule has 2 heteroatoms. The molecule has 3 fully saturated rings. The van der Waals surface area contributed by atoms with E-state index in [4.69, 9.17) is 0 Å². The second-order valence-electron chi connectivity index (χ2n) is 8.65. The largest absolute Gasteiger partial charge is 0.316 e. The van der Waals surface area contributed by atoms with E-state index in [2.05, 4.69) is 37.9 Å². The Hall–Kier alpha value is -0.0800. The van der Waals surface area contributed by atoms with Crippen molar-refractivity contribution in [3.8, 4) is 0 Å². The molecule has 0 aromatic carbocycles. The van der Waals surface area contributed by atoms with Gasteiger partial charge in [0.25, 0.3) is 0 Å². The predicted molar refractivity (Wildman–Crippen MR) is 85.8 cm³/mol. The van der Waals surface area contributed by atoms with Crippen LogP contribution in [0.25, 0.3) is 0 Å². The molecule has 116 valence electrons. The van der Waals surface area contributed by atoms with E-state index in [1.807, 2.05) is 0 Å². The van der Waals surface area contributed by atoms with Gasteiger partial charge < -0.3 is 5.32 Å². The highest BCUT2D eigenvalue weighted by Gasteiger charge is 2.51. The van der Waals surface area contributed by atoms with Gasteiger partial charge >= 0.3 is 0 Å². The van der Waals surface area contributed by atoms with Crippen molar-refractivity contribution in [1.82, 2.24) is 10.2 Å². The van der Waals surface area contributed by atoms with Gasteiger partial charge in [-0.05, 0) is 63.3 Å². The number of hydrogen-bond donors (Lipinski definition) is 1. The Morgan fingerprint density at radius 1 is 1.20 bits per heavy atom. The quantitative estimate of drug-likeness (QED) is 0.850. The SMILES string of the molecule is CC(C)CC1CCCC(N2CC3CNCC3C2(C)C)C1. The minimum absolute atomic E-state index is 0.415. The summed E-state index contributed by atoms with van der Waals surface area (Å²) in [4.78, 5) is 2.91. The summed E-state index contributed by atoms with van der Waals surface area (Å²) >= 11 is 0. The highest BCUT2D eigenvalue weighted by Crippen LogP contribution is 2.45. The lowest BCUT2D eigenvalue weighted by Gasteiger charge is -2.44. The molecule has 2 aliphatic heterocycles. The van der Waals surface area contributed by atoms with E-state index in [-0.39, 0.29) is 0 Å². The van der Waals surface area contributed by atoms with Gasteiger partial charge in [-0.15, -0.1) is 0 Å². The van der Waals surface area contributed by atoms with Crippen LogP contribution in [0.2, 0.25) is 0 Å². The summed E-state index contributed by atoms with van der Waals surface area (Å²) in [6.45, 7) is 13.7. The summed E-state index contributed by atoms with van der Waals surface area (Å²) in [5.74, 6) is 3.65. The Morgan fingerprint density at radius 2 is 2.00 bits per heavy atom. The molecule has 0 aromatic rings. The molecule has 3 rings (SSSR count). The number of fused-ring (bicyclic) bond motifs is 1. The minimum Gasteiger partial charge on any atom is -0.316 e. The molecule has 2 nitrogen and oxygen atoms in total. The highest BCUT2D eigenvalue weighted by atomic mass is 15.3. The molecule has 0 bridgehead atoms. The van der Waals surface area contributed by atoms with Crippen molar-refractivity contribution in [2.45, 2.75) is 71.4 Å². The Balaban J connectivity index is 1.66. The molecule has 0 aromatic heterocycles. The Labute approximate surface area is 125 Å². The highest BCUT2D eigenvalue weighted by molar-refractivity contribution is 5.06. The Bertz CT molecular complexity index is 336. The average molecular weight is 278 g/mol. The van der Waals surface area contributed by atoms with Gasteiger partial charge in [0, 0.05) is 24.7 Å². The topological polar surface area (TPSA) is 15.3 Å². The third-order valence-corrected chi connectivity index (χ3v) is 6.42.